The molecule has 0 aromatic rings. The summed E-state index contributed by atoms with van der Waals surface area (Å²) in [5.74, 6) is 0.793. The Morgan fingerprint density at radius 1 is 1.25 bits per heavy atom. The highest BCUT2D eigenvalue weighted by Crippen LogP contribution is 2.04. The van der Waals surface area contributed by atoms with Gasteiger partial charge in [0.1, 0.15) is 0 Å². The van der Waals surface area contributed by atoms with Crippen molar-refractivity contribution in [2.45, 2.75) is 25.9 Å². The maximum Gasteiger partial charge on any atom is 0.191 e. The number of hydrogen-bond donors (Lipinski definition) is 2. The first-order chi connectivity index (χ1) is 7.55. The zero-order valence-corrected chi connectivity index (χ0v) is 11.1. The summed E-state index contributed by atoms with van der Waals surface area (Å²) in [6.07, 6.45) is 0.963. The standard InChI is InChI=1S/C11H25N3O2/c1-11(2,16-5)9-14-10(12-3)13-7-6-8-15-4/h6-9H2,1-5H3,(H2,12,13,14). The van der Waals surface area contributed by atoms with Gasteiger partial charge in [-0.05, 0) is 20.3 Å². The van der Waals surface area contributed by atoms with Gasteiger partial charge in [-0.2, -0.15) is 0 Å². The van der Waals surface area contributed by atoms with Crippen LogP contribution in [-0.2, 0) is 9.47 Å². The van der Waals surface area contributed by atoms with Gasteiger partial charge >= 0.3 is 0 Å². The summed E-state index contributed by atoms with van der Waals surface area (Å²) in [7, 11) is 5.16. The van der Waals surface area contributed by atoms with E-state index in [-0.39, 0.29) is 5.60 Å². The largest absolute Gasteiger partial charge is 0.385 e. The Morgan fingerprint density at radius 3 is 2.44 bits per heavy atom. The minimum atomic E-state index is -0.190. The van der Waals surface area contributed by atoms with Crippen molar-refractivity contribution in [1.29, 1.82) is 0 Å². The van der Waals surface area contributed by atoms with E-state index in [1.54, 1.807) is 21.3 Å². The monoisotopic (exact) mass is 231 g/mol. The quantitative estimate of drug-likeness (QED) is 0.383. The molecular formula is C11H25N3O2. The Hall–Kier alpha value is -0.810. The topological polar surface area (TPSA) is 54.9 Å². The third-order valence-electron chi connectivity index (χ3n) is 2.28. The number of hydrogen-bond acceptors (Lipinski definition) is 3. The lowest BCUT2D eigenvalue weighted by molar-refractivity contribution is 0.0268. The molecule has 0 aliphatic carbocycles. The van der Waals surface area contributed by atoms with Gasteiger partial charge in [-0.3, -0.25) is 4.99 Å². The highest BCUT2D eigenvalue weighted by atomic mass is 16.5. The predicted octanol–water partition coefficient (Wildman–Crippen LogP) is 0.613. The maximum absolute atomic E-state index is 5.31. The van der Waals surface area contributed by atoms with Gasteiger partial charge in [0.15, 0.2) is 5.96 Å². The summed E-state index contributed by atoms with van der Waals surface area (Å²) in [6, 6.07) is 0. The van der Waals surface area contributed by atoms with Crippen molar-refractivity contribution < 1.29 is 9.47 Å². The molecule has 0 rings (SSSR count). The van der Waals surface area contributed by atoms with Crippen LogP contribution in [0.2, 0.25) is 0 Å². The Morgan fingerprint density at radius 2 is 1.94 bits per heavy atom. The van der Waals surface area contributed by atoms with Gasteiger partial charge in [-0.25, -0.2) is 0 Å². The van der Waals surface area contributed by atoms with Gasteiger partial charge in [-0.15, -0.1) is 0 Å². The average molecular weight is 231 g/mol. The van der Waals surface area contributed by atoms with Crippen LogP contribution >= 0.6 is 0 Å². The summed E-state index contributed by atoms with van der Waals surface area (Å²) < 4.78 is 10.3. The van der Waals surface area contributed by atoms with E-state index < -0.39 is 0 Å². The summed E-state index contributed by atoms with van der Waals surface area (Å²) >= 11 is 0. The van der Waals surface area contributed by atoms with Crippen LogP contribution in [0.5, 0.6) is 0 Å². The molecule has 0 spiro atoms. The molecule has 16 heavy (non-hydrogen) atoms. The SMILES string of the molecule is CN=C(NCCCOC)NCC(C)(C)OC. The Labute approximate surface area is 98.6 Å². The van der Waals surface area contributed by atoms with Crippen LogP contribution in [0.1, 0.15) is 20.3 Å². The molecule has 0 saturated heterocycles. The zero-order chi connectivity index (χ0) is 12.4. The van der Waals surface area contributed by atoms with Crippen molar-refractivity contribution in [3.05, 3.63) is 0 Å². The normalized spacial score (nSPS) is 12.7. The molecule has 5 heteroatoms. The number of ether oxygens (including phenoxy) is 2. The van der Waals surface area contributed by atoms with Crippen LogP contribution in [0.25, 0.3) is 0 Å². The van der Waals surface area contributed by atoms with Crippen molar-refractivity contribution in [1.82, 2.24) is 10.6 Å². The van der Waals surface area contributed by atoms with Crippen LogP contribution in [0.15, 0.2) is 4.99 Å². The molecule has 0 bridgehead atoms. The van der Waals surface area contributed by atoms with Crippen molar-refractivity contribution in [3.63, 3.8) is 0 Å². The Balaban J connectivity index is 3.77. The molecule has 0 aliphatic rings. The fourth-order valence-electron chi connectivity index (χ4n) is 1.01. The van der Waals surface area contributed by atoms with Crippen LogP contribution in [-0.4, -0.2) is 52.5 Å². The Bertz CT molecular complexity index is 205. The van der Waals surface area contributed by atoms with E-state index in [4.69, 9.17) is 9.47 Å². The molecule has 96 valence electrons. The second-order valence-electron chi connectivity index (χ2n) is 4.16. The van der Waals surface area contributed by atoms with E-state index >= 15 is 0 Å². The lowest BCUT2D eigenvalue weighted by Crippen LogP contribution is -2.45. The van der Waals surface area contributed by atoms with E-state index in [9.17, 15) is 0 Å². The summed E-state index contributed by atoms with van der Waals surface area (Å²) in [5.41, 5.74) is -0.190. The molecule has 0 aromatic heterocycles. The number of aliphatic imine (C=N–C) groups is 1. The van der Waals surface area contributed by atoms with Crippen molar-refractivity contribution in [2.75, 3.05) is 41.0 Å². The van der Waals surface area contributed by atoms with Crippen LogP contribution in [0, 0.1) is 0 Å². The smallest absolute Gasteiger partial charge is 0.191 e. The summed E-state index contributed by atoms with van der Waals surface area (Å²) in [6.45, 7) is 6.37. The first-order valence-corrected chi connectivity index (χ1v) is 5.54. The predicted molar refractivity (Wildman–Crippen MR) is 66.9 cm³/mol. The van der Waals surface area contributed by atoms with Gasteiger partial charge in [0, 0.05) is 41.0 Å². The third-order valence-corrected chi connectivity index (χ3v) is 2.28. The van der Waals surface area contributed by atoms with E-state index in [2.05, 4.69) is 15.6 Å². The van der Waals surface area contributed by atoms with E-state index in [0.29, 0.717) is 6.54 Å². The van der Waals surface area contributed by atoms with Crippen LogP contribution in [0.3, 0.4) is 0 Å². The van der Waals surface area contributed by atoms with E-state index in [1.807, 2.05) is 13.8 Å². The molecule has 0 amide bonds. The van der Waals surface area contributed by atoms with E-state index in [0.717, 1.165) is 25.5 Å². The molecule has 0 aromatic carbocycles. The number of guanidine groups is 1. The number of nitrogens with one attached hydrogen (secondary N) is 2. The van der Waals surface area contributed by atoms with Crippen molar-refractivity contribution in [3.8, 4) is 0 Å². The molecule has 0 fully saturated rings. The average Bonchev–Trinajstić information content (AvgIpc) is 2.28. The molecule has 0 atom stereocenters. The Kier molecular flexibility index (Phi) is 7.93. The minimum Gasteiger partial charge on any atom is -0.385 e. The highest BCUT2D eigenvalue weighted by molar-refractivity contribution is 5.79. The minimum absolute atomic E-state index is 0.190. The van der Waals surface area contributed by atoms with E-state index in [1.165, 1.54) is 0 Å². The molecule has 0 heterocycles. The fraction of sp³-hybridized carbons (Fsp3) is 0.909. The first-order valence-electron chi connectivity index (χ1n) is 5.54. The van der Waals surface area contributed by atoms with Crippen molar-refractivity contribution >= 4 is 5.96 Å². The second kappa shape index (κ2) is 8.35. The molecule has 0 aliphatic heterocycles. The first kappa shape index (κ1) is 15.2. The molecular weight excluding hydrogens is 206 g/mol. The molecule has 0 unspecified atom stereocenters. The number of methoxy groups -OCH3 is 2. The number of nitrogens with zero attached hydrogens (tertiary/aromatic N) is 1. The van der Waals surface area contributed by atoms with Gasteiger partial charge in [0.2, 0.25) is 0 Å². The lowest BCUT2D eigenvalue weighted by atomic mass is 10.1. The van der Waals surface area contributed by atoms with Crippen LogP contribution < -0.4 is 10.6 Å². The third kappa shape index (κ3) is 7.48. The molecule has 2 N–H and O–H groups in total. The van der Waals surface area contributed by atoms with Gasteiger partial charge in [0.25, 0.3) is 0 Å². The molecule has 0 saturated carbocycles. The van der Waals surface area contributed by atoms with Gasteiger partial charge in [0.05, 0.1) is 5.60 Å². The fourth-order valence-corrected chi connectivity index (χ4v) is 1.01. The second-order valence-corrected chi connectivity index (χ2v) is 4.16. The van der Waals surface area contributed by atoms with Gasteiger partial charge < -0.3 is 20.1 Å². The highest BCUT2D eigenvalue weighted by Gasteiger charge is 2.16. The number of rotatable bonds is 7. The maximum atomic E-state index is 5.31. The summed E-state index contributed by atoms with van der Waals surface area (Å²) in [5, 5.41) is 6.41. The molecule has 5 nitrogen and oxygen atoms in total. The summed E-state index contributed by atoms with van der Waals surface area (Å²) in [4.78, 5) is 4.12. The van der Waals surface area contributed by atoms with Gasteiger partial charge in [-0.1, -0.05) is 0 Å². The van der Waals surface area contributed by atoms with Crippen LogP contribution in [0.4, 0.5) is 0 Å². The lowest BCUT2D eigenvalue weighted by Gasteiger charge is -2.24. The zero-order valence-electron chi connectivity index (χ0n) is 11.1. The molecule has 0 radical (unpaired) electrons. The van der Waals surface area contributed by atoms with Crippen molar-refractivity contribution in [2.24, 2.45) is 4.99 Å².